The number of para-hydroxylation sites is 1. The molecule has 0 aromatic heterocycles. The van der Waals surface area contributed by atoms with E-state index in [1.165, 1.54) is 12.0 Å². The number of hydrogen-bond donors (Lipinski definition) is 0. The lowest BCUT2D eigenvalue weighted by Gasteiger charge is -2.29. The van der Waals surface area contributed by atoms with Crippen LogP contribution in [-0.2, 0) is 4.74 Å². The van der Waals surface area contributed by atoms with Crippen LogP contribution in [0.1, 0.15) is 24.3 Å². The van der Waals surface area contributed by atoms with Crippen molar-refractivity contribution in [2.24, 2.45) is 0 Å². The van der Waals surface area contributed by atoms with Crippen molar-refractivity contribution in [1.29, 1.82) is 0 Å². The molecule has 0 spiro atoms. The largest absolute Gasteiger partial charge is 0.496 e. The molecule has 1 aliphatic heterocycles. The van der Waals surface area contributed by atoms with Gasteiger partial charge in [-0.1, -0.05) is 40.8 Å². The van der Waals surface area contributed by atoms with E-state index in [-0.39, 0.29) is 0 Å². The Labute approximate surface area is 110 Å². The average molecular weight is 332 g/mol. The minimum Gasteiger partial charge on any atom is -0.496 e. The van der Waals surface area contributed by atoms with Crippen LogP contribution in [0.25, 0.3) is 0 Å². The second-order valence-corrected chi connectivity index (χ2v) is 5.01. The lowest BCUT2D eigenvalue weighted by atomic mass is 9.91. The number of halogens is 1. The van der Waals surface area contributed by atoms with Crippen LogP contribution in [-0.4, -0.2) is 24.2 Å². The molecule has 0 bridgehead atoms. The van der Waals surface area contributed by atoms with Gasteiger partial charge in [0.25, 0.3) is 0 Å². The summed E-state index contributed by atoms with van der Waals surface area (Å²) in [4.78, 5) is 0. The van der Waals surface area contributed by atoms with Gasteiger partial charge in [-0.25, -0.2) is 0 Å². The zero-order chi connectivity index (χ0) is 11.4. The third kappa shape index (κ3) is 2.69. The van der Waals surface area contributed by atoms with Crippen LogP contribution in [0.15, 0.2) is 24.3 Å². The lowest BCUT2D eigenvalue weighted by molar-refractivity contribution is 0.0196. The van der Waals surface area contributed by atoms with E-state index >= 15 is 0 Å². The summed E-state index contributed by atoms with van der Waals surface area (Å²) in [6.07, 6.45) is 2.81. The van der Waals surface area contributed by atoms with Gasteiger partial charge in [0, 0.05) is 10.3 Å². The van der Waals surface area contributed by atoms with Crippen molar-refractivity contribution >= 4 is 22.6 Å². The van der Waals surface area contributed by atoms with E-state index in [9.17, 15) is 0 Å². The molecule has 0 radical (unpaired) electrons. The van der Waals surface area contributed by atoms with E-state index in [4.69, 9.17) is 9.47 Å². The van der Waals surface area contributed by atoms with Gasteiger partial charge in [-0.3, -0.25) is 0 Å². The fraction of sp³-hybridized carbons (Fsp3) is 0.538. The molecular weight excluding hydrogens is 315 g/mol. The molecule has 0 aliphatic carbocycles. The Balaban J connectivity index is 2.07. The summed E-state index contributed by atoms with van der Waals surface area (Å²) in [5.74, 6) is 1.49. The normalized spacial score (nSPS) is 25.4. The number of hydrogen-bond acceptors (Lipinski definition) is 2. The molecule has 1 fully saturated rings. The van der Waals surface area contributed by atoms with Crippen LogP contribution >= 0.6 is 22.6 Å². The monoisotopic (exact) mass is 332 g/mol. The molecule has 3 heteroatoms. The van der Waals surface area contributed by atoms with Gasteiger partial charge >= 0.3 is 0 Å². The van der Waals surface area contributed by atoms with Gasteiger partial charge in [-0.15, -0.1) is 0 Å². The van der Waals surface area contributed by atoms with Crippen LogP contribution in [0.3, 0.4) is 0 Å². The van der Waals surface area contributed by atoms with Gasteiger partial charge in [-0.2, -0.15) is 0 Å². The summed E-state index contributed by atoms with van der Waals surface area (Å²) < 4.78 is 12.3. The zero-order valence-electron chi connectivity index (χ0n) is 9.49. The highest BCUT2D eigenvalue weighted by Crippen LogP contribution is 2.33. The van der Waals surface area contributed by atoms with Gasteiger partial charge in [0.1, 0.15) is 5.75 Å². The first-order chi connectivity index (χ1) is 7.85. The number of rotatable bonds is 3. The van der Waals surface area contributed by atoms with Crippen LogP contribution in [0.2, 0.25) is 0 Å². The molecule has 2 rings (SSSR count). The number of alkyl halides is 1. The van der Waals surface area contributed by atoms with Crippen LogP contribution in [0, 0.1) is 0 Å². The fourth-order valence-corrected chi connectivity index (χ4v) is 2.87. The highest BCUT2D eigenvalue weighted by atomic mass is 127. The Hall–Kier alpha value is -0.290. The summed E-state index contributed by atoms with van der Waals surface area (Å²) in [6, 6.07) is 8.26. The molecule has 1 aromatic carbocycles. The number of ether oxygens (including phenoxy) is 2. The lowest BCUT2D eigenvalue weighted by Crippen LogP contribution is -2.25. The van der Waals surface area contributed by atoms with Gasteiger partial charge in [0.15, 0.2) is 0 Å². The minimum atomic E-state index is 0.451. The van der Waals surface area contributed by atoms with Crippen molar-refractivity contribution < 1.29 is 9.47 Å². The maximum absolute atomic E-state index is 5.83. The predicted molar refractivity (Wildman–Crippen MR) is 73.6 cm³/mol. The Morgan fingerprint density at radius 3 is 2.81 bits per heavy atom. The van der Waals surface area contributed by atoms with E-state index < -0.39 is 0 Å². The van der Waals surface area contributed by atoms with E-state index in [0.29, 0.717) is 12.0 Å². The van der Waals surface area contributed by atoms with Gasteiger partial charge in [0.05, 0.1) is 19.8 Å². The molecule has 88 valence electrons. The highest BCUT2D eigenvalue weighted by molar-refractivity contribution is 14.1. The molecule has 0 N–H and O–H groups in total. The highest BCUT2D eigenvalue weighted by Gasteiger charge is 2.23. The van der Waals surface area contributed by atoms with Crippen LogP contribution in [0.4, 0.5) is 0 Å². The first-order valence-corrected chi connectivity index (χ1v) is 7.18. The fourth-order valence-electron chi connectivity index (χ4n) is 2.18. The van der Waals surface area contributed by atoms with Crippen molar-refractivity contribution in [3.8, 4) is 5.75 Å². The summed E-state index contributed by atoms with van der Waals surface area (Å²) in [6.45, 7) is 0.827. The Morgan fingerprint density at radius 2 is 2.19 bits per heavy atom. The molecule has 1 aromatic rings. The molecule has 2 atom stereocenters. The van der Waals surface area contributed by atoms with E-state index in [0.717, 1.165) is 23.2 Å². The number of benzene rings is 1. The molecule has 0 amide bonds. The quantitative estimate of drug-likeness (QED) is 0.624. The molecule has 1 heterocycles. The molecular formula is C13H17IO2. The summed E-state index contributed by atoms with van der Waals surface area (Å²) in [5.41, 5.74) is 1.29. The Morgan fingerprint density at radius 1 is 1.38 bits per heavy atom. The summed E-state index contributed by atoms with van der Waals surface area (Å²) in [7, 11) is 1.73. The molecule has 16 heavy (non-hydrogen) atoms. The predicted octanol–water partition coefficient (Wildman–Crippen LogP) is 3.39. The SMILES string of the molecule is COc1ccccc1C1CCC(CI)OC1. The van der Waals surface area contributed by atoms with Crippen molar-refractivity contribution in [3.63, 3.8) is 0 Å². The van der Waals surface area contributed by atoms with Crippen LogP contribution < -0.4 is 4.74 Å². The van der Waals surface area contributed by atoms with Crippen molar-refractivity contribution in [2.45, 2.75) is 24.9 Å². The van der Waals surface area contributed by atoms with E-state index in [1.54, 1.807) is 7.11 Å². The molecule has 1 saturated heterocycles. The Bertz CT molecular complexity index is 332. The van der Waals surface area contributed by atoms with Gasteiger partial charge < -0.3 is 9.47 Å². The molecule has 0 saturated carbocycles. The molecule has 2 nitrogen and oxygen atoms in total. The third-order valence-electron chi connectivity index (χ3n) is 3.12. The van der Waals surface area contributed by atoms with Crippen molar-refractivity contribution in [1.82, 2.24) is 0 Å². The topological polar surface area (TPSA) is 18.5 Å². The molecule has 2 unspecified atom stereocenters. The van der Waals surface area contributed by atoms with Gasteiger partial charge in [0.2, 0.25) is 0 Å². The molecule has 1 aliphatic rings. The third-order valence-corrected chi connectivity index (χ3v) is 4.10. The second-order valence-electron chi connectivity index (χ2n) is 4.13. The first-order valence-electron chi connectivity index (χ1n) is 5.65. The van der Waals surface area contributed by atoms with Crippen LogP contribution in [0.5, 0.6) is 5.75 Å². The maximum Gasteiger partial charge on any atom is 0.122 e. The summed E-state index contributed by atoms with van der Waals surface area (Å²) >= 11 is 2.39. The number of methoxy groups -OCH3 is 1. The van der Waals surface area contributed by atoms with Gasteiger partial charge in [-0.05, 0) is 24.5 Å². The minimum absolute atomic E-state index is 0.451. The first kappa shape index (κ1) is 12.2. The maximum atomic E-state index is 5.83. The average Bonchev–Trinajstić information content (AvgIpc) is 2.39. The second kappa shape index (κ2) is 5.87. The van der Waals surface area contributed by atoms with E-state index in [1.807, 2.05) is 12.1 Å². The zero-order valence-corrected chi connectivity index (χ0v) is 11.6. The van der Waals surface area contributed by atoms with Crippen molar-refractivity contribution in [2.75, 3.05) is 18.1 Å². The Kier molecular flexibility index (Phi) is 4.46. The van der Waals surface area contributed by atoms with Crippen molar-refractivity contribution in [3.05, 3.63) is 29.8 Å². The standard InChI is InChI=1S/C13H17IO2/c1-15-13-5-3-2-4-12(13)10-6-7-11(8-14)16-9-10/h2-5,10-11H,6-9H2,1H3. The smallest absolute Gasteiger partial charge is 0.122 e. The summed E-state index contributed by atoms with van der Waals surface area (Å²) in [5, 5.41) is 0. The van der Waals surface area contributed by atoms with E-state index in [2.05, 4.69) is 34.7 Å².